The maximum atomic E-state index is 4.62. The highest BCUT2D eigenvalue weighted by Gasteiger charge is 2.14. The minimum absolute atomic E-state index is 0.681. The first-order chi connectivity index (χ1) is 18.6. The van der Waals surface area contributed by atoms with Gasteiger partial charge in [0.25, 0.3) is 0 Å². The molecule has 0 atom stereocenters. The van der Waals surface area contributed by atoms with Gasteiger partial charge in [0.15, 0.2) is 4.34 Å². The lowest BCUT2D eigenvalue weighted by Crippen LogP contribution is -2.26. The van der Waals surface area contributed by atoms with Gasteiger partial charge in [-0.15, -0.1) is 34.9 Å². The van der Waals surface area contributed by atoms with Crippen molar-refractivity contribution in [1.82, 2.24) is 20.0 Å². The molecule has 6 rings (SSSR count). The fourth-order valence-corrected chi connectivity index (χ4v) is 7.38. The maximum absolute atomic E-state index is 4.62. The maximum Gasteiger partial charge on any atom is 0.166 e. The van der Waals surface area contributed by atoms with Gasteiger partial charge in [-0.05, 0) is 75.9 Å². The van der Waals surface area contributed by atoms with Crippen LogP contribution in [0.15, 0.2) is 52.9 Å². The number of hydrogen-bond donors (Lipinski definition) is 2. The van der Waals surface area contributed by atoms with E-state index in [2.05, 4.69) is 71.4 Å². The molecule has 9 heteroatoms. The monoisotopic (exact) mass is 582 g/mol. The van der Waals surface area contributed by atoms with Gasteiger partial charge in [0.2, 0.25) is 0 Å². The van der Waals surface area contributed by atoms with E-state index in [9.17, 15) is 0 Å². The van der Waals surface area contributed by atoms with E-state index in [1.807, 2.05) is 31.2 Å². The number of thiocarbonyl (C=S) groups is 1. The number of aryl methyl sites for hydroxylation is 1. The smallest absolute Gasteiger partial charge is 0.166 e. The Labute approximate surface area is 247 Å². The highest BCUT2D eigenvalue weighted by Crippen LogP contribution is 2.29. The summed E-state index contributed by atoms with van der Waals surface area (Å²) in [5, 5.41) is 5.53. The van der Waals surface area contributed by atoms with Gasteiger partial charge in [0.05, 0.1) is 25.4 Å². The standard InChI is InChI=1S/C13H16N2S2.C8H7NS.C7H15N.CHBS/c1-2-6-10(7-3-1)15-17-13-14-11-8-4-5-9-12(11)16-13;1-6-9-7-4-2-3-5-8(7)10-6;1-8-7-5-3-2-4-6-7;2-1-3/h4-5,8-10,15H,1-3,6-7H2;2-5H,1H3;7-8H,2-6H2,1H3;1H. The van der Waals surface area contributed by atoms with Gasteiger partial charge in [0, 0.05) is 12.1 Å². The first kappa shape index (κ1) is 31.2. The molecule has 2 aliphatic rings. The predicted molar refractivity (Wildman–Crippen MR) is 175 cm³/mol. The van der Waals surface area contributed by atoms with Crippen molar-refractivity contribution in [3.05, 3.63) is 53.5 Å². The number of fused-ring (bicyclic) bond motifs is 2. The number of nitrogens with zero attached hydrogens (tertiary/aromatic N) is 2. The Morgan fingerprint density at radius 2 is 1.32 bits per heavy atom. The molecule has 38 heavy (non-hydrogen) atoms. The molecule has 2 N–H and O–H groups in total. The zero-order chi connectivity index (χ0) is 27.0. The Bertz CT molecular complexity index is 1130. The van der Waals surface area contributed by atoms with Crippen LogP contribution in [0.25, 0.3) is 20.4 Å². The van der Waals surface area contributed by atoms with E-state index in [0.29, 0.717) is 6.04 Å². The summed E-state index contributed by atoms with van der Waals surface area (Å²) in [6.45, 7) is 2.03. The van der Waals surface area contributed by atoms with Crippen LogP contribution in [-0.4, -0.2) is 42.2 Å². The third kappa shape index (κ3) is 11.0. The van der Waals surface area contributed by atoms with Crippen LogP contribution in [-0.2, 0) is 0 Å². The van der Waals surface area contributed by atoms with Crippen molar-refractivity contribution >= 4 is 80.4 Å². The average Bonchev–Trinajstić information content (AvgIpc) is 3.56. The normalized spacial score (nSPS) is 15.9. The molecule has 2 aromatic carbocycles. The van der Waals surface area contributed by atoms with E-state index in [1.54, 1.807) is 34.6 Å². The molecule has 0 amide bonds. The average molecular weight is 583 g/mol. The number of aromatic nitrogens is 2. The van der Waals surface area contributed by atoms with Gasteiger partial charge in [-0.3, -0.25) is 4.72 Å². The zero-order valence-electron chi connectivity index (χ0n) is 22.5. The van der Waals surface area contributed by atoms with E-state index >= 15 is 0 Å². The highest BCUT2D eigenvalue weighted by atomic mass is 32.2. The van der Waals surface area contributed by atoms with E-state index in [0.717, 1.165) is 31.7 Å². The zero-order valence-corrected chi connectivity index (χ0v) is 25.8. The van der Waals surface area contributed by atoms with Crippen LogP contribution in [0.3, 0.4) is 0 Å². The van der Waals surface area contributed by atoms with E-state index in [1.165, 1.54) is 73.6 Å². The Kier molecular flexibility index (Phi) is 14.8. The molecule has 202 valence electrons. The molecule has 2 saturated carbocycles. The molecule has 0 spiro atoms. The Morgan fingerprint density at radius 1 is 0.816 bits per heavy atom. The fraction of sp³-hybridized carbons (Fsp3) is 0.483. The van der Waals surface area contributed by atoms with Gasteiger partial charge < -0.3 is 5.32 Å². The third-order valence-corrected chi connectivity index (χ3v) is 9.61. The molecule has 0 saturated heterocycles. The SMILES string of the molecule is CNC1CCCCC1.Cc1nc2ccccc2s1.[B]C=S.c1ccc2sc(SNC3CCCCC3)nc2c1. The van der Waals surface area contributed by atoms with Gasteiger partial charge in [0.1, 0.15) is 7.85 Å². The van der Waals surface area contributed by atoms with Crippen molar-refractivity contribution in [3.63, 3.8) is 0 Å². The molecule has 0 aliphatic heterocycles. The molecule has 2 aromatic heterocycles. The van der Waals surface area contributed by atoms with Crippen LogP contribution in [0, 0.1) is 6.92 Å². The molecule has 2 radical (unpaired) electrons. The molecule has 0 unspecified atom stereocenters. The van der Waals surface area contributed by atoms with Crippen molar-refractivity contribution in [2.75, 3.05) is 7.05 Å². The summed E-state index contributed by atoms with van der Waals surface area (Å²) in [6, 6.07) is 18.0. The number of benzene rings is 2. The van der Waals surface area contributed by atoms with Crippen molar-refractivity contribution in [2.45, 2.75) is 87.6 Å². The fourth-order valence-electron chi connectivity index (χ4n) is 4.63. The second-order valence-corrected chi connectivity index (χ2v) is 13.1. The molecule has 4 nitrogen and oxygen atoms in total. The number of hydrogen-bond acceptors (Lipinski definition) is 8. The first-order valence-corrected chi connectivity index (χ1v) is 16.5. The Morgan fingerprint density at radius 3 is 1.82 bits per heavy atom. The number of para-hydroxylation sites is 2. The summed E-state index contributed by atoms with van der Waals surface area (Å²) in [4.78, 5) is 8.95. The minimum atomic E-state index is 0.681. The van der Waals surface area contributed by atoms with Crippen molar-refractivity contribution in [3.8, 4) is 0 Å². The van der Waals surface area contributed by atoms with Gasteiger partial charge in [-0.2, -0.15) is 0 Å². The van der Waals surface area contributed by atoms with Crippen molar-refractivity contribution in [1.29, 1.82) is 0 Å². The van der Waals surface area contributed by atoms with E-state index < -0.39 is 0 Å². The predicted octanol–water partition coefficient (Wildman–Crippen LogP) is 8.48. The lowest BCUT2D eigenvalue weighted by atomic mass is 9.96. The molecule has 2 aliphatic carbocycles. The summed E-state index contributed by atoms with van der Waals surface area (Å²) in [7, 11) is 6.60. The summed E-state index contributed by atoms with van der Waals surface area (Å²) >= 11 is 9.27. The summed E-state index contributed by atoms with van der Waals surface area (Å²) in [6.07, 6.45) is 13.9. The summed E-state index contributed by atoms with van der Waals surface area (Å²) in [5.74, 6) is 0. The van der Waals surface area contributed by atoms with Crippen LogP contribution in [0.2, 0.25) is 0 Å². The molecular formula is C29H39BN4S4. The van der Waals surface area contributed by atoms with Gasteiger partial charge in [-0.25, -0.2) is 9.97 Å². The Hall–Kier alpha value is -1.36. The second kappa shape index (κ2) is 18.1. The van der Waals surface area contributed by atoms with Crippen LogP contribution < -0.4 is 10.0 Å². The topological polar surface area (TPSA) is 49.8 Å². The molecule has 4 aromatic rings. The minimum Gasteiger partial charge on any atom is -0.317 e. The second-order valence-electron chi connectivity index (χ2n) is 9.46. The van der Waals surface area contributed by atoms with Crippen LogP contribution in [0.4, 0.5) is 0 Å². The van der Waals surface area contributed by atoms with Crippen LogP contribution >= 0.6 is 46.8 Å². The number of rotatable bonds is 4. The molecule has 0 bridgehead atoms. The highest BCUT2D eigenvalue weighted by molar-refractivity contribution is 7.99. The van der Waals surface area contributed by atoms with E-state index in [-0.39, 0.29) is 0 Å². The number of nitrogens with one attached hydrogen (secondary N) is 2. The van der Waals surface area contributed by atoms with Crippen LogP contribution in [0.1, 0.15) is 69.2 Å². The lowest BCUT2D eigenvalue weighted by molar-refractivity contribution is 0.394. The van der Waals surface area contributed by atoms with Gasteiger partial charge >= 0.3 is 0 Å². The lowest BCUT2D eigenvalue weighted by Gasteiger charge is -2.21. The van der Waals surface area contributed by atoms with Crippen molar-refractivity contribution in [2.24, 2.45) is 0 Å². The first-order valence-electron chi connectivity index (χ1n) is 13.6. The third-order valence-electron chi connectivity index (χ3n) is 6.61. The van der Waals surface area contributed by atoms with Gasteiger partial charge in [-0.1, -0.05) is 68.1 Å². The van der Waals surface area contributed by atoms with Crippen LogP contribution in [0.5, 0.6) is 0 Å². The molecule has 2 heterocycles. The molecular weight excluding hydrogens is 543 g/mol. The Balaban J connectivity index is 0.000000162. The largest absolute Gasteiger partial charge is 0.317 e. The molecule has 2 fully saturated rings. The summed E-state index contributed by atoms with van der Waals surface area (Å²) < 4.78 is 7.26. The van der Waals surface area contributed by atoms with Crippen molar-refractivity contribution < 1.29 is 0 Å². The van der Waals surface area contributed by atoms with E-state index in [4.69, 9.17) is 0 Å². The summed E-state index contributed by atoms with van der Waals surface area (Å²) in [5.41, 5.74) is 2.23. The quantitative estimate of drug-likeness (QED) is 0.143. The number of thiazole rings is 2.